The predicted molar refractivity (Wildman–Crippen MR) is 109 cm³/mol. The molecule has 2 aromatic rings. The molecule has 8 nitrogen and oxygen atoms in total. The summed E-state index contributed by atoms with van der Waals surface area (Å²) in [6.45, 7) is 5.20. The molecule has 28 heavy (non-hydrogen) atoms. The highest BCUT2D eigenvalue weighted by Gasteiger charge is 2.24. The van der Waals surface area contributed by atoms with Crippen LogP contribution in [0.4, 0.5) is 11.4 Å². The molecule has 1 aliphatic carbocycles. The van der Waals surface area contributed by atoms with Gasteiger partial charge in [-0.05, 0) is 54.5 Å². The van der Waals surface area contributed by atoms with E-state index in [0.29, 0.717) is 6.04 Å². The molecule has 1 saturated carbocycles. The van der Waals surface area contributed by atoms with Crippen molar-refractivity contribution in [3.05, 3.63) is 24.3 Å². The molecule has 0 spiro atoms. The van der Waals surface area contributed by atoms with Crippen LogP contribution in [0.15, 0.2) is 29.4 Å². The molecule has 0 radical (unpaired) electrons. The molecule has 1 amide bonds. The number of carbonyl (C=O) groups is 1. The Hall–Kier alpha value is -2.13. The van der Waals surface area contributed by atoms with E-state index in [4.69, 9.17) is 4.74 Å². The van der Waals surface area contributed by atoms with Crippen LogP contribution in [-0.4, -0.2) is 57.7 Å². The third kappa shape index (κ3) is 4.47. The van der Waals surface area contributed by atoms with E-state index in [2.05, 4.69) is 25.7 Å². The maximum absolute atomic E-state index is 12.6. The van der Waals surface area contributed by atoms with Crippen LogP contribution in [0.1, 0.15) is 38.6 Å². The number of amides is 1. The number of carbonyl (C=O) groups excluding carboxylic acids is 1. The third-order valence-corrected chi connectivity index (χ3v) is 6.34. The van der Waals surface area contributed by atoms with Gasteiger partial charge in [0.15, 0.2) is 0 Å². The van der Waals surface area contributed by atoms with Gasteiger partial charge in [-0.1, -0.05) is 24.6 Å². The lowest BCUT2D eigenvalue weighted by molar-refractivity contribution is -0.115. The first-order valence-corrected chi connectivity index (χ1v) is 10.8. The number of thioether (sulfide) groups is 1. The van der Waals surface area contributed by atoms with Gasteiger partial charge in [-0.25, -0.2) is 4.68 Å². The van der Waals surface area contributed by atoms with Gasteiger partial charge >= 0.3 is 0 Å². The second-order valence-corrected chi connectivity index (χ2v) is 8.55. The molecule has 1 saturated heterocycles. The lowest BCUT2D eigenvalue weighted by Gasteiger charge is -2.28. The Kier molecular flexibility index (Phi) is 6.11. The number of hydrogen-bond donors (Lipinski definition) is 1. The van der Waals surface area contributed by atoms with E-state index in [1.54, 1.807) is 0 Å². The van der Waals surface area contributed by atoms with Crippen molar-refractivity contribution in [3.8, 4) is 0 Å². The second kappa shape index (κ2) is 8.91. The SMILES string of the molecule is C[C@H](Sc1nnnn1C1CCCC1)C(=O)Nc1ccc(N2CCOCC2)cc1. The third-order valence-electron chi connectivity index (χ3n) is 5.30. The van der Waals surface area contributed by atoms with Crippen LogP contribution in [0.25, 0.3) is 0 Å². The van der Waals surface area contributed by atoms with E-state index in [1.807, 2.05) is 35.9 Å². The average molecular weight is 403 g/mol. The number of ether oxygens (including phenoxy) is 1. The van der Waals surface area contributed by atoms with Crippen molar-refractivity contribution < 1.29 is 9.53 Å². The van der Waals surface area contributed by atoms with Gasteiger partial charge in [-0.2, -0.15) is 0 Å². The monoisotopic (exact) mass is 402 g/mol. The van der Waals surface area contributed by atoms with Crippen molar-refractivity contribution in [1.82, 2.24) is 20.2 Å². The van der Waals surface area contributed by atoms with Crippen molar-refractivity contribution in [3.63, 3.8) is 0 Å². The summed E-state index contributed by atoms with van der Waals surface area (Å²) in [6, 6.07) is 8.34. The van der Waals surface area contributed by atoms with Crippen molar-refractivity contribution in [2.24, 2.45) is 0 Å². The van der Waals surface area contributed by atoms with Crippen LogP contribution in [-0.2, 0) is 9.53 Å². The highest BCUT2D eigenvalue weighted by molar-refractivity contribution is 8.00. The molecule has 9 heteroatoms. The van der Waals surface area contributed by atoms with Crippen LogP contribution in [0, 0.1) is 0 Å². The highest BCUT2D eigenvalue weighted by Crippen LogP contribution is 2.32. The Morgan fingerprint density at radius 2 is 1.93 bits per heavy atom. The van der Waals surface area contributed by atoms with Crippen LogP contribution < -0.4 is 10.2 Å². The van der Waals surface area contributed by atoms with E-state index in [-0.39, 0.29) is 11.2 Å². The molecule has 2 aliphatic rings. The fraction of sp³-hybridized carbons (Fsp3) is 0.579. The molecule has 0 unspecified atom stereocenters. The minimum Gasteiger partial charge on any atom is -0.378 e. The standard InChI is InChI=1S/C19H26N6O2S/c1-14(28-19-21-22-23-25(19)17-4-2-3-5-17)18(26)20-15-6-8-16(9-7-15)24-10-12-27-13-11-24/h6-9,14,17H,2-5,10-13H2,1H3,(H,20,26)/t14-/m0/s1. The summed E-state index contributed by atoms with van der Waals surface area (Å²) in [5.74, 6) is -0.0508. The zero-order chi connectivity index (χ0) is 19.3. The van der Waals surface area contributed by atoms with Gasteiger partial charge < -0.3 is 15.0 Å². The molecule has 1 aromatic carbocycles. The van der Waals surface area contributed by atoms with Gasteiger partial charge in [-0.3, -0.25) is 4.79 Å². The quantitative estimate of drug-likeness (QED) is 0.744. The number of nitrogens with zero attached hydrogens (tertiary/aromatic N) is 5. The van der Waals surface area contributed by atoms with Crippen LogP contribution >= 0.6 is 11.8 Å². The minimum atomic E-state index is -0.287. The van der Waals surface area contributed by atoms with E-state index >= 15 is 0 Å². The molecule has 2 fully saturated rings. The highest BCUT2D eigenvalue weighted by atomic mass is 32.2. The van der Waals surface area contributed by atoms with E-state index in [9.17, 15) is 4.79 Å². The lowest BCUT2D eigenvalue weighted by Crippen LogP contribution is -2.36. The molecule has 1 aliphatic heterocycles. The van der Waals surface area contributed by atoms with Crippen molar-refractivity contribution in [1.29, 1.82) is 0 Å². The number of benzene rings is 1. The lowest BCUT2D eigenvalue weighted by atomic mass is 10.2. The summed E-state index contributed by atoms with van der Waals surface area (Å²) in [5, 5.41) is 15.5. The molecule has 4 rings (SSSR count). The van der Waals surface area contributed by atoms with Crippen LogP contribution in [0.5, 0.6) is 0 Å². The van der Waals surface area contributed by atoms with Gasteiger partial charge in [-0.15, -0.1) is 5.10 Å². The largest absolute Gasteiger partial charge is 0.378 e. The van der Waals surface area contributed by atoms with Gasteiger partial charge in [0.05, 0.1) is 24.5 Å². The van der Waals surface area contributed by atoms with E-state index < -0.39 is 0 Å². The van der Waals surface area contributed by atoms with Gasteiger partial charge in [0, 0.05) is 24.5 Å². The minimum absolute atomic E-state index is 0.0508. The van der Waals surface area contributed by atoms with Crippen LogP contribution in [0.3, 0.4) is 0 Å². The molecule has 0 bridgehead atoms. The van der Waals surface area contributed by atoms with Crippen molar-refractivity contribution in [2.75, 3.05) is 36.5 Å². The number of rotatable bonds is 6. The molecule has 2 heterocycles. The van der Waals surface area contributed by atoms with Gasteiger partial charge in [0.2, 0.25) is 11.1 Å². The maximum Gasteiger partial charge on any atom is 0.237 e. The summed E-state index contributed by atoms with van der Waals surface area (Å²) in [5.41, 5.74) is 1.95. The first-order valence-electron chi connectivity index (χ1n) is 9.89. The first-order chi connectivity index (χ1) is 13.7. The maximum atomic E-state index is 12.6. The summed E-state index contributed by atoms with van der Waals surface area (Å²) >= 11 is 1.41. The summed E-state index contributed by atoms with van der Waals surface area (Å²) in [4.78, 5) is 14.9. The second-order valence-electron chi connectivity index (χ2n) is 7.24. The summed E-state index contributed by atoms with van der Waals surface area (Å²) < 4.78 is 7.28. The van der Waals surface area contributed by atoms with Crippen molar-refractivity contribution >= 4 is 29.0 Å². The fourth-order valence-corrected chi connectivity index (χ4v) is 4.53. The van der Waals surface area contributed by atoms with Crippen molar-refractivity contribution in [2.45, 2.75) is 49.1 Å². The Balaban J connectivity index is 1.34. The normalized spacial score (nSPS) is 19.0. The fourth-order valence-electron chi connectivity index (χ4n) is 3.67. The van der Waals surface area contributed by atoms with Gasteiger partial charge in [0.25, 0.3) is 0 Å². The Bertz CT molecular complexity index is 784. The molecule has 1 N–H and O–H groups in total. The smallest absolute Gasteiger partial charge is 0.237 e. The zero-order valence-corrected chi connectivity index (χ0v) is 16.9. The van der Waals surface area contributed by atoms with Crippen LogP contribution in [0.2, 0.25) is 0 Å². The summed E-state index contributed by atoms with van der Waals surface area (Å²) in [7, 11) is 0. The molecular weight excluding hydrogens is 376 g/mol. The number of tetrazole rings is 1. The Morgan fingerprint density at radius 3 is 2.64 bits per heavy atom. The molecule has 1 aromatic heterocycles. The first kappa shape index (κ1) is 19.2. The summed E-state index contributed by atoms with van der Waals surface area (Å²) in [6.07, 6.45) is 4.64. The predicted octanol–water partition coefficient (Wildman–Crippen LogP) is 2.74. The molecule has 150 valence electrons. The molecule has 1 atom stereocenters. The Labute approximate surface area is 169 Å². The number of nitrogens with one attached hydrogen (secondary N) is 1. The number of morpholine rings is 1. The van der Waals surface area contributed by atoms with Gasteiger partial charge in [0.1, 0.15) is 0 Å². The number of hydrogen-bond acceptors (Lipinski definition) is 7. The number of anilines is 2. The molecular formula is C19H26N6O2S. The topological polar surface area (TPSA) is 85.2 Å². The Morgan fingerprint density at radius 1 is 1.21 bits per heavy atom. The average Bonchev–Trinajstić information content (AvgIpc) is 3.41. The van der Waals surface area contributed by atoms with E-state index in [0.717, 1.165) is 55.7 Å². The number of aromatic nitrogens is 4. The zero-order valence-electron chi connectivity index (χ0n) is 16.1. The van der Waals surface area contributed by atoms with E-state index in [1.165, 1.54) is 24.6 Å².